The van der Waals surface area contributed by atoms with Crippen molar-refractivity contribution in [1.82, 2.24) is 15.0 Å². The first-order chi connectivity index (χ1) is 13.8. The summed E-state index contributed by atoms with van der Waals surface area (Å²) < 4.78 is 5.77. The standard InChI is InChI=1S/C22H21N5O.ClH/c23-17-6-9-21-20(13-17)22(27-15-26-21)25-12-10-16-4-7-19(8-5-16)28-14-18-3-1-2-11-24-18;/h1-9,11,13,15H,10,12,14,23H2,(H,25,26,27);1H. The molecular formula is C22H22ClN5O. The zero-order valence-corrected chi connectivity index (χ0v) is 16.6. The van der Waals surface area contributed by atoms with Gasteiger partial charge in [-0.1, -0.05) is 18.2 Å². The summed E-state index contributed by atoms with van der Waals surface area (Å²) >= 11 is 0. The zero-order valence-electron chi connectivity index (χ0n) is 15.8. The number of halogens is 1. The van der Waals surface area contributed by atoms with Gasteiger partial charge in [0.05, 0.1) is 11.2 Å². The van der Waals surface area contributed by atoms with Crippen LogP contribution < -0.4 is 15.8 Å². The SMILES string of the molecule is Cl.Nc1ccc2ncnc(NCCc3ccc(OCc4ccccn4)cc3)c2c1. The van der Waals surface area contributed by atoms with Gasteiger partial charge in [-0.2, -0.15) is 0 Å². The van der Waals surface area contributed by atoms with E-state index >= 15 is 0 Å². The van der Waals surface area contributed by atoms with Crippen LogP contribution in [0.15, 0.2) is 73.2 Å². The number of nitrogen functional groups attached to an aromatic ring is 1. The first-order valence-electron chi connectivity index (χ1n) is 9.14. The summed E-state index contributed by atoms with van der Waals surface area (Å²) in [6.07, 6.45) is 4.20. The van der Waals surface area contributed by atoms with Crippen molar-refractivity contribution in [2.24, 2.45) is 0 Å². The maximum Gasteiger partial charge on any atom is 0.137 e. The van der Waals surface area contributed by atoms with Crippen LogP contribution in [0.4, 0.5) is 11.5 Å². The van der Waals surface area contributed by atoms with Gasteiger partial charge in [-0.25, -0.2) is 9.97 Å². The molecule has 0 aliphatic rings. The molecule has 4 aromatic rings. The fourth-order valence-electron chi connectivity index (χ4n) is 2.93. The smallest absolute Gasteiger partial charge is 0.137 e. The van der Waals surface area contributed by atoms with Gasteiger partial charge in [-0.3, -0.25) is 4.98 Å². The first kappa shape index (κ1) is 20.4. The van der Waals surface area contributed by atoms with Crippen molar-refractivity contribution in [2.75, 3.05) is 17.6 Å². The molecule has 148 valence electrons. The quantitative estimate of drug-likeness (QED) is 0.445. The summed E-state index contributed by atoms with van der Waals surface area (Å²) in [6, 6.07) is 19.6. The third-order valence-corrected chi connectivity index (χ3v) is 4.40. The maximum absolute atomic E-state index is 5.89. The molecule has 2 aromatic carbocycles. The number of rotatable bonds is 7. The highest BCUT2D eigenvalue weighted by Crippen LogP contribution is 2.21. The van der Waals surface area contributed by atoms with Crippen molar-refractivity contribution in [2.45, 2.75) is 13.0 Å². The fourth-order valence-corrected chi connectivity index (χ4v) is 2.93. The van der Waals surface area contributed by atoms with E-state index in [0.29, 0.717) is 12.3 Å². The minimum Gasteiger partial charge on any atom is -0.487 e. The molecule has 7 heteroatoms. The van der Waals surface area contributed by atoms with Crippen molar-refractivity contribution in [1.29, 1.82) is 0 Å². The number of ether oxygens (including phenoxy) is 1. The lowest BCUT2D eigenvalue weighted by molar-refractivity contribution is 0.301. The van der Waals surface area contributed by atoms with E-state index in [9.17, 15) is 0 Å². The van der Waals surface area contributed by atoms with Crippen molar-refractivity contribution < 1.29 is 4.74 Å². The number of nitrogens with two attached hydrogens (primary N) is 1. The van der Waals surface area contributed by atoms with Gasteiger partial charge in [-0.05, 0) is 54.4 Å². The number of pyridine rings is 1. The van der Waals surface area contributed by atoms with E-state index in [4.69, 9.17) is 10.5 Å². The predicted molar refractivity (Wildman–Crippen MR) is 118 cm³/mol. The number of nitrogens with one attached hydrogen (secondary N) is 1. The van der Waals surface area contributed by atoms with Gasteiger partial charge >= 0.3 is 0 Å². The van der Waals surface area contributed by atoms with E-state index in [1.165, 1.54) is 5.56 Å². The summed E-state index contributed by atoms with van der Waals surface area (Å²) in [6.45, 7) is 1.22. The molecule has 0 saturated carbocycles. The lowest BCUT2D eigenvalue weighted by atomic mass is 10.1. The van der Waals surface area contributed by atoms with Gasteiger partial charge < -0.3 is 15.8 Å². The van der Waals surface area contributed by atoms with E-state index in [1.807, 2.05) is 48.5 Å². The summed E-state index contributed by atoms with van der Waals surface area (Å²) in [7, 11) is 0. The number of hydrogen-bond acceptors (Lipinski definition) is 6. The van der Waals surface area contributed by atoms with Gasteiger partial charge in [0.25, 0.3) is 0 Å². The molecule has 4 rings (SSSR count). The summed E-state index contributed by atoms with van der Waals surface area (Å²) in [5.41, 5.74) is 9.59. The van der Waals surface area contributed by atoms with Crippen LogP contribution in [-0.4, -0.2) is 21.5 Å². The number of benzene rings is 2. The van der Waals surface area contributed by atoms with Gasteiger partial charge in [0.15, 0.2) is 0 Å². The minimum absolute atomic E-state index is 0. The molecule has 0 radical (unpaired) electrons. The normalized spacial score (nSPS) is 10.3. The van der Waals surface area contributed by atoms with Crippen LogP contribution in [0.25, 0.3) is 10.9 Å². The highest BCUT2D eigenvalue weighted by atomic mass is 35.5. The van der Waals surface area contributed by atoms with Crippen molar-refractivity contribution in [3.8, 4) is 5.75 Å². The summed E-state index contributed by atoms with van der Waals surface area (Å²) in [4.78, 5) is 12.9. The van der Waals surface area contributed by atoms with E-state index in [0.717, 1.165) is 41.1 Å². The number of anilines is 2. The third-order valence-electron chi connectivity index (χ3n) is 4.40. The molecule has 0 saturated heterocycles. The molecule has 3 N–H and O–H groups in total. The topological polar surface area (TPSA) is 86.0 Å². The number of fused-ring (bicyclic) bond motifs is 1. The van der Waals surface area contributed by atoms with E-state index in [2.05, 4.69) is 32.4 Å². The van der Waals surface area contributed by atoms with Crippen LogP contribution in [0.5, 0.6) is 5.75 Å². The second-order valence-electron chi connectivity index (χ2n) is 6.43. The second kappa shape index (κ2) is 9.71. The van der Waals surface area contributed by atoms with Crippen molar-refractivity contribution >= 4 is 34.8 Å². The Bertz CT molecular complexity index is 1060. The molecule has 0 unspecified atom stereocenters. The molecule has 0 amide bonds. The number of aromatic nitrogens is 3. The average molecular weight is 408 g/mol. The Morgan fingerprint density at radius 2 is 1.79 bits per heavy atom. The number of hydrogen-bond donors (Lipinski definition) is 2. The van der Waals surface area contributed by atoms with Gasteiger partial charge in [0, 0.05) is 23.8 Å². The van der Waals surface area contributed by atoms with Gasteiger partial charge in [-0.15, -0.1) is 12.4 Å². The van der Waals surface area contributed by atoms with Crippen molar-refractivity contribution in [3.63, 3.8) is 0 Å². The highest BCUT2D eigenvalue weighted by Gasteiger charge is 2.04. The van der Waals surface area contributed by atoms with Crippen LogP contribution in [0.3, 0.4) is 0 Å². The zero-order chi connectivity index (χ0) is 19.2. The van der Waals surface area contributed by atoms with E-state index < -0.39 is 0 Å². The summed E-state index contributed by atoms with van der Waals surface area (Å²) in [5, 5.41) is 4.31. The lowest BCUT2D eigenvalue weighted by Crippen LogP contribution is -2.07. The minimum atomic E-state index is 0. The van der Waals surface area contributed by atoms with Crippen LogP contribution in [0.1, 0.15) is 11.3 Å². The fraction of sp³-hybridized carbons (Fsp3) is 0.136. The van der Waals surface area contributed by atoms with Gasteiger partial charge in [0.2, 0.25) is 0 Å². The monoisotopic (exact) mass is 407 g/mol. The van der Waals surface area contributed by atoms with Crippen LogP contribution >= 0.6 is 12.4 Å². The average Bonchev–Trinajstić information content (AvgIpc) is 2.74. The second-order valence-corrected chi connectivity index (χ2v) is 6.43. The molecule has 29 heavy (non-hydrogen) atoms. The molecule has 0 bridgehead atoms. The Morgan fingerprint density at radius 1 is 0.931 bits per heavy atom. The van der Waals surface area contributed by atoms with E-state index in [-0.39, 0.29) is 12.4 Å². The van der Waals surface area contributed by atoms with Crippen LogP contribution in [0, 0.1) is 0 Å². The molecule has 0 fully saturated rings. The van der Waals surface area contributed by atoms with Gasteiger partial charge in [0.1, 0.15) is 24.5 Å². The van der Waals surface area contributed by atoms with Crippen LogP contribution in [-0.2, 0) is 13.0 Å². The molecule has 0 atom stereocenters. The molecular weight excluding hydrogens is 386 g/mol. The number of nitrogens with zero attached hydrogens (tertiary/aromatic N) is 3. The summed E-state index contributed by atoms with van der Waals surface area (Å²) in [5.74, 6) is 1.63. The Morgan fingerprint density at radius 3 is 2.59 bits per heavy atom. The Labute approximate surface area is 175 Å². The predicted octanol–water partition coefficient (Wildman–Crippen LogP) is 4.26. The van der Waals surface area contributed by atoms with Crippen molar-refractivity contribution in [3.05, 3.63) is 84.4 Å². The third kappa shape index (κ3) is 5.33. The molecule has 2 heterocycles. The molecule has 0 aliphatic heterocycles. The Balaban J connectivity index is 0.00000240. The maximum atomic E-state index is 5.89. The Hall–Kier alpha value is -3.38. The largest absolute Gasteiger partial charge is 0.487 e. The molecule has 6 nitrogen and oxygen atoms in total. The Kier molecular flexibility index (Phi) is 6.81. The first-order valence-corrected chi connectivity index (χ1v) is 9.14. The molecule has 0 spiro atoms. The molecule has 2 aromatic heterocycles. The van der Waals surface area contributed by atoms with E-state index in [1.54, 1.807) is 12.5 Å². The molecule has 0 aliphatic carbocycles. The lowest BCUT2D eigenvalue weighted by Gasteiger charge is -2.10. The highest BCUT2D eigenvalue weighted by molar-refractivity contribution is 5.91. The van der Waals surface area contributed by atoms with Crippen LogP contribution in [0.2, 0.25) is 0 Å².